The number of carbonyl (C=O) groups excluding carboxylic acids is 2. The van der Waals surface area contributed by atoms with E-state index < -0.39 is 12.0 Å². The largest absolute Gasteiger partial charge is 0.479 e. The summed E-state index contributed by atoms with van der Waals surface area (Å²) in [6.45, 7) is 5.42. The Hall–Kier alpha value is -2.61. The molecule has 0 aliphatic carbocycles. The van der Waals surface area contributed by atoms with E-state index in [0.29, 0.717) is 22.1 Å². The Morgan fingerprint density at radius 2 is 2.03 bits per heavy atom. The van der Waals surface area contributed by atoms with Gasteiger partial charge in [0.2, 0.25) is 5.91 Å². The Balaban J connectivity index is 1.65. The molecule has 4 rings (SSSR count). The molecule has 0 saturated heterocycles. The van der Waals surface area contributed by atoms with E-state index in [-0.39, 0.29) is 17.5 Å². The number of fused-ring (bicyclic) bond motifs is 1. The van der Waals surface area contributed by atoms with Crippen LogP contribution < -0.4 is 15.0 Å². The zero-order chi connectivity index (χ0) is 22.3. The zero-order valence-corrected chi connectivity index (χ0v) is 19.4. The summed E-state index contributed by atoms with van der Waals surface area (Å²) < 4.78 is 5.76. The van der Waals surface area contributed by atoms with Gasteiger partial charge in [0.25, 0.3) is 5.91 Å². The molecule has 1 unspecified atom stereocenters. The maximum absolute atomic E-state index is 12.9. The topological polar surface area (TPSA) is 71.5 Å². The molecule has 1 aromatic heterocycles. The molecule has 31 heavy (non-hydrogen) atoms. The van der Waals surface area contributed by atoms with Crippen molar-refractivity contribution in [3.8, 4) is 17.0 Å². The molecular formula is C22H19Cl2N3O3S. The average molecular weight is 476 g/mol. The number of halogens is 2. The van der Waals surface area contributed by atoms with E-state index >= 15 is 0 Å². The smallest absolute Gasteiger partial charge is 0.268 e. The molecule has 0 spiro atoms. The van der Waals surface area contributed by atoms with Gasteiger partial charge in [0.1, 0.15) is 12.3 Å². The Morgan fingerprint density at radius 1 is 1.26 bits per heavy atom. The molecule has 1 aliphatic rings. The summed E-state index contributed by atoms with van der Waals surface area (Å²) in [5.74, 6) is -0.166. The van der Waals surface area contributed by atoms with Gasteiger partial charge in [-0.3, -0.25) is 14.5 Å². The molecule has 6 nitrogen and oxygen atoms in total. The molecule has 3 aromatic rings. The number of anilines is 2. The molecule has 2 amide bonds. The van der Waals surface area contributed by atoms with Crippen molar-refractivity contribution in [2.24, 2.45) is 0 Å². The van der Waals surface area contributed by atoms with Crippen LogP contribution in [0.4, 0.5) is 11.4 Å². The van der Waals surface area contributed by atoms with Crippen LogP contribution in [-0.4, -0.2) is 29.4 Å². The molecule has 9 heteroatoms. The summed E-state index contributed by atoms with van der Waals surface area (Å²) in [7, 11) is 0. The number of hydrogen-bond donors (Lipinski definition) is 1. The lowest BCUT2D eigenvalue weighted by Crippen LogP contribution is -2.47. The van der Waals surface area contributed by atoms with Crippen molar-refractivity contribution in [1.82, 2.24) is 4.98 Å². The van der Waals surface area contributed by atoms with Crippen LogP contribution in [0.3, 0.4) is 0 Å². The fourth-order valence-corrected chi connectivity index (χ4v) is 4.64. The van der Waals surface area contributed by atoms with Gasteiger partial charge in [0.05, 0.1) is 32.1 Å². The number of rotatable bonds is 4. The first-order chi connectivity index (χ1) is 14.7. The Morgan fingerprint density at radius 3 is 2.74 bits per heavy atom. The van der Waals surface area contributed by atoms with Gasteiger partial charge in [0, 0.05) is 10.4 Å². The minimum absolute atomic E-state index is 0.194. The van der Waals surface area contributed by atoms with E-state index in [9.17, 15) is 9.59 Å². The second kappa shape index (κ2) is 8.49. The number of ether oxygens (including phenoxy) is 1. The second-order valence-corrected chi connectivity index (χ2v) is 9.35. The van der Waals surface area contributed by atoms with E-state index in [4.69, 9.17) is 27.9 Å². The van der Waals surface area contributed by atoms with Crippen molar-refractivity contribution in [2.45, 2.75) is 26.9 Å². The maximum Gasteiger partial charge on any atom is 0.268 e. The highest BCUT2D eigenvalue weighted by Crippen LogP contribution is 2.39. The third-order valence-electron chi connectivity index (χ3n) is 4.87. The number of aryl methyl sites for hydroxylation is 2. The van der Waals surface area contributed by atoms with E-state index in [1.165, 1.54) is 4.90 Å². The first-order valence-corrected chi connectivity index (χ1v) is 11.1. The first-order valence-electron chi connectivity index (χ1n) is 9.55. The molecule has 0 saturated carbocycles. The first kappa shape index (κ1) is 21.6. The number of nitrogens with one attached hydrogen (secondary N) is 1. The molecule has 1 atom stereocenters. The third-order valence-corrected chi connectivity index (χ3v) is 6.58. The second-order valence-electron chi connectivity index (χ2n) is 7.15. The fraction of sp³-hybridized carbons (Fsp3) is 0.227. The summed E-state index contributed by atoms with van der Waals surface area (Å²) >= 11 is 13.8. The molecular weight excluding hydrogens is 457 g/mol. The number of nitrogens with zero attached hydrogens (tertiary/aromatic N) is 2. The lowest BCUT2D eigenvalue weighted by atomic mass is 10.1. The van der Waals surface area contributed by atoms with E-state index in [2.05, 4.69) is 10.3 Å². The summed E-state index contributed by atoms with van der Waals surface area (Å²) in [5.41, 5.74) is 2.62. The minimum atomic E-state index is -0.704. The molecule has 160 valence electrons. The summed E-state index contributed by atoms with van der Waals surface area (Å²) in [4.78, 5) is 32.7. The Bertz CT molecular complexity index is 1190. The van der Waals surface area contributed by atoms with Crippen LogP contribution >= 0.6 is 34.5 Å². The zero-order valence-electron chi connectivity index (χ0n) is 17.0. The molecule has 0 bridgehead atoms. The van der Waals surface area contributed by atoms with Gasteiger partial charge in [-0.1, -0.05) is 29.3 Å². The number of amides is 2. The highest BCUT2D eigenvalue weighted by molar-refractivity contribution is 7.11. The van der Waals surface area contributed by atoms with E-state index in [1.54, 1.807) is 42.5 Å². The average Bonchev–Trinajstić information content (AvgIpc) is 3.06. The maximum atomic E-state index is 12.9. The normalized spacial score (nSPS) is 15.5. The van der Waals surface area contributed by atoms with E-state index in [1.807, 2.05) is 26.0 Å². The monoisotopic (exact) mass is 475 g/mol. The van der Waals surface area contributed by atoms with Crippen molar-refractivity contribution in [3.63, 3.8) is 0 Å². The Kier molecular flexibility index (Phi) is 5.92. The lowest BCUT2D eigenvalue weighted by molar-refractivity contribution is -0.127. The van der Waals surface area contributed by atoms with Crippen molar-refractivity contribution < 1.29 is 14.3 Å². The SMILES string of the molecule is Cc1nc(-c2ccc3c(c2)N(CC(=O)Nc2cccc(Cl)c2Cl)C(=O)C(C)O3)c(C)s1. The number of benzene rings is 2. The van der Waals surface area contributed by atoms with Crippen molar-refractivity contribution in [3.05, 3.63) is 56.3 Å². The van der Waals surface area contributed by atoms with Crippen LogP contribution in [0.5, 0.6) is 5.75 Å². The van der Waals surface area contributed by atoms with Crippen molar-refractivity contribution in [2.75, 3.05) is 16.8 Å². The Labute approximate surface area is 193 Å². The summed E-state index contributed by atoms with van der Waals surface area (Å²) in [6.07, 6.45) is -0.704. The van der Waals surface area contributed by atoms with E-state index in [0.717, 1.165) is 21.1 Å². The van der Waals surface area contributed by atoms with Gasteiger partial charge in [0.15, 0.2) is 6.10 Å². The highest BCUT2D eigenvalue weighted by atomic mass is 35.5. The minimum Gasteiger partial charge on any atom is -0.479 e. The number of hydrogen-bond acceptors (Lipinski definition) is 5. The molecule has 2 aromatic carbocycles. The van der Waals surface area contributed by atoms with Crippen LogP contribution in [0.2, 0.25) is 10.0 Å². The predicted molar refractivity (Wildman–Crippen MR) is 125 cm³/mol. The quantitative estimate of drug-likeness (QED) is 0.541. The standard InChI is InChI=1S/C22H19Cl2N3O3S/c1-11-22(29)27(10-19(28)26-16-6-4-5-15(23)20(16)24)17-9-14(7-8-18(17)30-11)21-12(2)31-13(3)25-21/h4-9,11H,10H2,1-3H3,(H,26,28). The summed E-state index contributed by atoms with van der Waals surface area (Å²) in [5, 5.41) is 4.26. The van der Waals surface area contributed by atoms with Crippen LogP contribution in [0.15, 0.2) is 36.4 Å². The van der Waals surface area contributed by atoms with Crippen molar-refractivity contribution in [1.29, 1.82) is 0 Å². The van der Waals surface area contributed by atoms with Gasteiger partial charge >= 0.3 is 0 Å². The van der Waals surface area contributed by atoms with Gasteiger partial charge in [-0.2, -0.15) is 0 Å². The molecule has 0 fully saturated rings. The number of aromatic nitrogens is 1. The van der Waals surface area contributed by atoms with Gasteiger partial charge < -0.3 is 10.1 Å². The van der Waals surface area contributed by atoms with Gasteiger partial charge in [-0.15, -0.1) is 11.3 Å². The molecule has 2 heterocycles. The van der Waals surface area contributed by atoms with Gasteiger partial charge in [-0.25, -0.2) is 4.98 Å². The van der Waals surface area contributed by atoms with Crippen LogP contribution in [-0.2, 0) is 9.59 Å². The van der Waals surface area contributed by atoms with Crippen LogP contribution in [0, 0.1) is 13.8 Å². The van der Waals surface area contributed by atoms with Crippen LogP contribution in [0.25, 0.3) is 11.3 Å². The number of carbonyl (C=O) groups is 2. The molecule has 1 aliphatic heterocycles. The fourth-order valence-electron chi connectivity index (χ4n) is 3.45. The highest BCUT2D eigenvalue weighted by Gasteiger charge is 2.33. The van der Waals surface area contributed by atoms with Crippen LogP contribution in [0.1, 0.15) is 16.8 Å². The third kappa shape index (κ3) is 4.26. The van der Waals surface area contributed by atoms with Crippen molar-refractivity contribution >= 4 is 57.7 Å². The number of thiazole rings is 1. The lowest BCUT2D eigenvalue weighted by Gasteiger charge is -2.33. The predicted octanol–water partition coefficient (Wildman–Crippen LogP) is 5.49. The molecule has 0 radical (unpaired) electrons. The van der Waals surface area contributed by atoms with Gasteiger partial charge in [-0.05, 0) is 51.1 Å². The summed E-state index contributed by atoms with van der Waals surface area (Å²) in [6, 6.07) is 10.5. The molecule has 1 N–H and O–H groups in total.